The molecule has 0 radical (unpaired) electrons. The number of esters is 1. The van der Waals surface area contributed by atoms with Crippen molar-refractivity contribution in [3.05, 3.63) is 119 Å². The van der Waals surface area contributed by atoms with Gasteiger partial charge in [-0.05, 0) is 44.5 Å². The van der Waals surface area contributed by atoms with Gasteiger partial charge in [-0.1, -0.05) is 97.1 Å². The normalized spacial score (nSPS) is 17.6. The second kappa shape index (κ2) is 12.7. The minimum absolute atomic E-state index is 0.0542. The molecule has 240 valence electrons. The summed E-state index contributed by atoms with van der Waals surface area (Å²) >= 11 is 0. The molecule has 2 aliphatic carbocycles. The molecule has 0 bridgehead atoms. The molecule has 2 fully saturated rings. The molecule has 10 nitrogen and oxygen atoms in total. The second-order valence-electron chi connectivity index (χ2n) is 12.0. The summed E-state index contributed by atoms with van der Waals surface area (Å²) in [6.45, 7) is 0.259. The third-order valence-electron chi connectivity index (χ3n) is 9.18. The van der Waals surface area contributed by atoms with E-state index in [2.05, 4.69) is 17.4 Å². The maximum atomic E-state index is 12.1. The number of benzene rings is 4. The number of nitrogens with zero attached hydrogens (tertiary/aromatic N) is 1. The van der Waals surface area contributed by atoms with Crippen molar-refractivity contribution in [3.63, 3.8) is 0 Å². The van der Waals surface area contributed by atoms with Crippen LogP contribution in [0.3, 0.4) is 0 Å². The van der Waals surface area contributed by atoms with E-state index in [0.717, 1.165) is 44.5 Å². The Hall–Kier alpha value is -5.90. The number of carbonyl (C=O) groups is 6. The fraction of sp³-hybridized carbons (Fsp3) is 0.211. The molecule has 0 spiro atoms. The predicted molar refractivity (Wildman–Crippen MR) is 172 cm³/mol. The SMILES string of the molecule is O=C1CC(C(=O)OCC2c3ccccc3-c3ccccc32)C(=O)N1.O=C1CCC(=O)N1C(=O)OCC1c2ccccc2-c2ccccc21. The highest BCUT2D eigenvalue weighted by molar-refractivity contribution is 6.13. The molecular formula is C38H30N2O8. The lowest BCUT2D eigenvalue weighted by molar-refractivity contribution is -0.151. The summed E-state index contributed by atoms with van der Waals surface area (Å²) in [7, 11) is 0. The summed E-state index contributed by atoms with van der Waals surface area (Å²) in [6, 6.07) is 32.0. The molecule has 1 unspecified atom stereocenters. The molecule has 2 aliphatic heterocycles. The van der Waals surface area contributed by atoms with Crippen LogP contribution in [0, 0.1) is 5.92 Å². The highest BCUT2D eigenvalue weighted by Gasteiger charge is 2.39. The van der Waals surface area contributed by atoms with E-state index in [0.29, 0.717) is 4.90 Å². The molecule has 0 aromatic heterocycles. The lowest BCUT2D eigenvalue weighted by Crippen LogP contribution is -2.36. The predicted octanol–water partition coefficient (Wildman–Crippen LogP) is 5.09. The number of hydrogen-bond acceptors (Lipinski definition) is 8. The number of fused-ring (bicyclic) bond motifs is 6. The maximum absolute atomic E-state index is 12.1. The van der Waals surface area contributed by atoms with Crippen molar-refractivity contribution in [3.8, 4) is 22.3 Å². The lowest BCUT2D eigenvalue weighted by Gasteiger charge is -2.17. The Morgan fingerprint density at radius 1 is 0.604 bits per heavy atom. The van der Waals surface area contributed by atoms with Gasteiger partial charge < -0.3 is 9.47 Å². The number of ether oxygens (including phenoxy) is 2. The van der Waals surface area contributed by atoms with Crippen LogP contribution in [0.2, 0.25) is 0 Å². The van der Waals surface area contributed by atoms with Crippen LogP contribution in [0.25, 0.3) is 22.3 Å². The summed E-state index contributed by atoms with van der Waals surface area (Å²) < 4.78 is 10.7. The quantitative estimate of drug-likeness (QED) is 0.181. The Morgan fingerprint density at radius 3 is 1.40 bits per heavy atom. The Morgan fingerprint density at radius 2 is 1.00 bits per heavy atom. The van der Waals surface area contributed by atoms with Crippen molar-refractivity contribution in [2.75, 3.05) is 13.2 Å². The Bertz CT molecular complexity index is 1890. The summed E-state index contributed by atoms with van der Waals surface area (Å²) in [5, 5.41) is 2.13. The van der Waals surface area contributed by atoms with Crippen LogP contribution in [0.5, 0.6) is 0 Å². The fourth-order valence-corrected chi connectivity index (χ4v) is 6.89. The molecule has 48 heavy (non-hydrogen) atoms. The van der Waals surface area contributed by atoms with Crippen LogP contribution in [0.15, 0.2) is 97.1 Å². The van der Waals surface area contributed by atoms with E-state index in [4.69, 9.17) is 9.47 Å². The van der Waals surface area contributed by atoms with E-state index in [9.17, 15) is 28.8 Å². The summed E-state index contributed by atoms with van der Waals surface area (Å²) in [4.78, 5) is 70.9. The zero-order valence-corrected chi connectivity index (χ0v) is 25.7. The highest BCUT2D eigenvalue weighted by atomic mass is 16.6. The molecule has 10 heteroatoms. The van der Waals surface area contributed by atoms with Crippen molar-refractivity contribution >= 4 is 35.7 Å². The average molecular weight is 643 g/mol. The third-order valence-corrected chi connectivity index (χ3v) is 9.18. The number of likely N-dealkylation sites (tertiary alicyclic amines) is 1. The molecule has 4 aliphatic rings. The number of carbonyl (C=O) groups excluding carboxylic acids is 6. The average Bonchev–Trinajstić information content (AvgIpc) is 3.83. The Labute approximate surface area is 275 Å². The van der Waals surface area contributed by atoms with E-state index < -0.39 is 41.6 Å². The second-order valence-corrected chi connectivity index (χ2v) is 12.0. The molecule has 0 saturated carbocycles. The van der Waals surface area contributed by atoms with Crippen LogP contribution in [0.4, 0.5) is 4.79 Å². The minimum Gasteiger partial charge on any atom is -0.464 e. The number of nitrogens with one attached hydrogen (secondary N) is 1. The van der Waals surface area contributed by atoms with Gasteiger partial charge in [-0.3, -0.25) is 29.3 Å². The van der Waals surface area contributed by atoms with E-state index in [-0.39, 0.29) is 44.3 Å². The largest absolute Gasteiger partial charge is 0.464 e. The summed E-state index contributed by atoms with van der Waals surface area (Å²) in [5.74, 6) is -3.79. The van der Waals surface area contributed by atoms with Gasteiger partial charge in [0.2, 0.25) is 23.6 Å². The van der Waals surface area contributed by atoms with Gasteiger partial charge in [0.15, 0.2) is 0 Å². The Kier molecular flexibility index (Phi) is 8.14. The van der Waals surface area contributed by atoms with Crippen molar-refractivity contribution in [2.24, 2.45) is 5.92 Å². The first kappa shape index (κ1) is 30.7. The van der Waals surface area contributed by atoms with Gasteiger partial charge in [0.05, 0.1) is 0 Å². The van der Waals surface area contributed by atoms with E-state index in [1.807, 2.05) is 84.9 Å². The molecule has 5 amide bonds. The maximum Gasteiger partial charge on any atom is 0.423 e. The summed E-state index contributed by atoms with van der Waals surface area (Å²) in [5.41, 5.74) is 8.93. The Balaban J connectivity index is 0.000000152. The van der Waals surface area contributed by atoms with Gasteiger partial charge in [-0.15, -0.1) is 0 Å². The van der Waals surface area contributed by atoms with Gasteiger partial charge in [0, 0.05) is 31.1 Å². The van der Waals surface area contributed by atoms with E-state index in [1.54, 1.807) is 0 Å². The van der Waals surface area contributed by atoms with Crippen molar-refractivity contribution in [2.45, 2.75) is 31.1 Å². The standard InChI is InChI=1S/2C19H15NO4/c21-17-9-15(18(22)20-17)19(23)24-10-16-13-7-3-1-5-11(13)12-6-2-4-8-14(12)16;21-17-9-10-18(22)20(17)19(23)24-11-16-14-7-3-1-5-12(14)13-6-2-4-8-15(13)16/h1-8,15-16H,9-10H2,(H,20,21,22);1-8,16H,9-11H2. The minimum atomic E-state index is -1.02. The molecule has 2 heterocycles. The number of amides is 5. The van der Waals surface area contributed by atoms with Crippen LogP contribution in [0.1, 0.15) is 53.4 Å². The molecule has 1 N–H and O–H groups in total. The van der Waals surface area contributed by atoms with Crippen LogP contribution in [-0.4, -0.2) is 53.8 Å². The van der Waals surface area contributed by atoms with Gasteiger partial charge in [-0.25, -0.2) is 4.79 Å². The van der Waals surface area contributed by atoms with Crippen LogP contribution < -0.4 is 5.32 Å². The smallest absolute Gasteiger partial charge is 0.423 e. The fourth-order valence-electron chi connectivity index (χ4n) is 6.89. The first-order chi connectivity index (χ1) is 23.3. The van der Waals surface area contributed by atoms with Crippen LogP contribution in [-0.2, 0) is 33.4 Å². The third kappa shape index (κ3) is 5.55. The van der Waals surface area contributed by atoms with Gasteiger partial charge in [0.1, 0.15) is 19.1 Å². The summed E-state index contributed by atoms with van der Waals surface area (Å²) in [6.07, 6.45) is -0.856. The van der Waals surface area contributed by atoms with Crippen molar-refractivity contribution in [1.29, 1.82) is 0 Å². The molecule has 4 aromatic rings. The highest BCUT2D eigenvalue weighted by Crippen LogP contribution is 2.45. The molecular weight excluding hydrogens is 612 g/mol. The number of rotatable bonds is 5. The van der Waals surface area contributed by atoms with Gasteiger partial charge >= 0.3 is 12.1 Å². The molecule has 2 saturated heterocycles. The first-order valence-electron chi connectivity index (χ1n) is 15.7. The van der Waals surface area contributed by atoms with E-state index in [1.165, 1.54) is 0 Å². The number of hydrogen-bond donors (Lipinski definition) is 1. The monoisotopic (exact) mass is 642 g/mol. The van der Waals surface area contributed by atoms with Crippen molar-refractivity contribution in [1.82, 2.24) is 10.2 Å². The molecule has 4 aromatic carbocycles. The van der Waals surface area contributed by atoms with Crippen molar-refractivity contribution < 1.29 is 38.2 Å². The number of imide groups is 4. The zero-order valence-electron chi connectivity index (χ0n) is 25.7. The first-order valence-corrected chi connectivity index (χ1v) is 15.7. The lowest BCUT2D eigenvalue weighted by atomic mass is 9.98. The topological polar surface area (TPSA) is 136 Å². The van der Waals surface area contributed by atoms with Crippen LogP contribution >= 0.6 is 0 Å². The molecule has 8 rings (SSSR count). The van der Waals surface area contributed by atoms with Gasteiger partial charge in [0.25, 0.3) is 0 Å². The van der Waals surface area contributed by atoms with Gasteiger partial charge in [-0.2, -0.15) is 4.90 Å². The zero-order chi connectivity index (χ0) is 33.4. The molecule has 1 atom stereocenters. The van der Waals surface area contributed by atoms with E-state index >= 15 is 0 Å².